The molecule has 0 atom stereocenters. The summed E-state index contributed by atoms with van der Waals surface area (Å²) in [6.45, 7) is 5.38. The van der Waals surface area contributed by atoms with Crippen molar-refractivity contribution in [1.29, 1.82) is 0 Å². The molecule has 4 heteroatoms. The summed E-state index contributed by atoms with van der Waals surface area (Å²) in [5.41, 5.74) is 3.08. The maximum atomic E-state index is 10.1. The highest BCUT2D eigenvalue weighted by atomic mass is 16.3. The molecular weight excluding hydrogens is 274 g/mol. The average molecular weight is 299 g/mol. The van der Waals surface area contributed by atoms with Gasteiger partial charge in [-0.15, -0.1) is 0 Å². The number of rotatable bonds is 7. The maximum absolute atomic E-state index is 10.1. The number of nitrogens with zero attached hydrogens (tertiary/aromatic N) is 3. The molecule has 0 fully saturated rings. The molecule has 22 heavy (non-hydrogen) atoms. The maximum Gasteiger partial charge on any atom is 0.120 e. The molecule has 0 saturated carbocycles. The molecule has 2 aromatic rings. The smallest absolute Gasteiger partial charge is 0.120 e. The normalized spacial score (nSPS) is 11.3. The molecule has 0 aliphatic carbocycles. The summed E-state index contributed by atoms with van der Waals surface area (Å²) in [5, 5.41) is 10.1. The van der Waals surface area contributed by atoms with E-state index in [0.29, 0.717) is 5.75 Å². The van der Waals surface area contributed by atoms with Gasteiger partial charge in [-0.3, -0.25) is 9.88 Å². The number of phenolic OH excluding ortho intramolecular Hbond substituents is 1. The van der Waals surface area contributed by atoms with Crippen molar-refractivity contribution in [2.24, 2.45) is 0 Å². The van der Waals surface area contributed by atoms with Crippen molar-refractivity contribution in [1.82, 2.24) is 14.8 Å². The predicted octanol–water partition coefficient (Wildman–Crippen LogP) is 2.66. The van der Waals surface area contributed by atoms with Crippen LogP contribution in [0.5, 0.6) is 5.75 Å². The van der Waals surface area contributed by atoms with Gasteiger partial charge in [-0.25, -0.2) is 0 Å². The molecule has 118 valence electrons. The van der Waals surface area contributed by atoms with E-state index in [9.17, 15) is 5.11 Å². The van der Waals surface area contributed by atoms with Gasteiger partial charge in [0.2, 0.25) is 0 Å². The van der Waals surface area contributed by atoms with Crippen LogP contribution in [0.4, 0.5) is 0 Å². The zero-order chi connectivity index (χ0) is 15.9. The molecule has 0 bridgehead atoms. The Labute approximate surface area is 133 Å². The number of aromatic nitrogens is 1. The second kappa shape index (κ2) is 7.92. The van der Waals surface area contributed by atoms with Crippen molar-refractivity contribution in [3.05, 3.63) is 59.4 Å². The van der Waals surface area contributed by atoms with E-state index in [4.69, 9.17) is 0 Å². The third-order valence-corrected chi connectivity index (χ3v) is 3.61. The molecule has 1 N–H and O–H groups in total. The van der Waals surface area contributed by atoms with E-state index in [1.54, 1.807) is 0 Å². The van der Waals surface area contributed by atoms with Crippen LogP contribution in [0, 0.1) is 6.92 Å². The Morgan fingerprint density at radius 1 is 1.05 bits per heavy atom. The first-order valence-corrected chi connectivity index (χ1v) is 7.60. The number of hydrogen-bond donors (Lipinski definition) is 1. The standard InChI is InChI=1S/C18H25N3O/c1-15-7-8-16(18(22)12-15)13-21(11-10-20(2)3)14-17-6-4-5-9-19-17/h4-9,12,22H,10-11,13-14H2,1-3H3. The van der Waals surface area contributed by atoms with Crippen molar-refractivity contribution in [2.45, 2.75) is 20.0 Å². The minimum absolute atomic E-state index is 0.371. The van der Waals surface area contributed by atoms with Crippen LogP contribution in [0.25, 0.3) is 0 Å². The molecule has 0 spiro atoms. The molecule has 0 unspecified atom stereocenters. The van der Waals surface area contributed by atoms with Crippen LogP contribution in [0.15, 0.2) is 42.6 Å². The van der Waals surface area contributed by atoms with Crippen LogP contribution in [0.3, 0.4) is 0 Å². The molecule has 1 aromatic carbocycles. The Bertz CT molecular complexity index is 584. The fraction of sp³-hybridized carbons (Fsp3) is 0.389. The number of hydrogen-bond acceptors (Lipinski definition) is 4. The molecule has 4 nitrogen and oxygen atoms in total. The first-order valence-electron chi connectivity index (χ1n) is 7.60. The molecule has 0 aliphatic rings. The molecule has 0 saturated heterocycles. The van der Waals surface area contributed by atoms with Gasteiger partial charge in [-0.1, -0.05) is 18.2 Å². The number of likely N-dealkylation sites (N-methyl/N-ethyl adjacent to an activating group) is 1. The zero-order valence-electron chi connectivity index (χ0n) is 13.7. The van der Waals surface area contributed by atoms with Gasteiger partial charge in [0.15, 0.2) is 0 Å². The zero-order valence-corrected chi connectivity index (χ0v) is 13.7. The van der Waals surface area contributed by atoms with Crippen molar-refractivity contribution >= 4 is 0 Å². The van der Waals surface area contributed by atoms with Gasteiger partial charge >= 0.3 is 0 Å². The monoisotopic (exact) mass is 299 g/mol. The number of pyridine rings is 1. The summed E-state index contributed by atoms with van der Waals surface area (Å²) in [6.07, 6.45) is 1.82. The quantitative estimate of drug-likeness (QED) is 0.853. The minimum atomic E-state index is 0.371. The second-order valence-electron chi connectivity index (χ2n) is 5.97. The lowest BCUT2D eigenvalue weighted by molar-refractivity contribution is 0.221. The van der Waals surface area contributed by atoms with Crippen molar-refractivity contribution in [3.8, 4) is 5.75 Å². The van der Waals surface area contributed by atoms with Crippen LogP contribution < -0.4 is 0 Å². The number of aromatic hydroxyl groups is 1. The summed E-state index contributed by atoms with van der Waals surface area (Å²) in [4.78, 5) is 8.89. The minimum Gasteiger partial charge on any atom is -0.508 e. The molecule has 0 aliphatic heterocycles. The lowest BCUT2D eigenvalue weighted by Crippen LogP contribution is -2.31. The van der Waals surface area contributed by atoms with Gasteiger partial charge in [0.05, 0.1) is 5.69 Å². The van der Waals surface area contributed by atoms with E-state index in [1.807, 2.05) is 49.5 Å². The number of benzene rings is 1. The molecular formula is C18H25N3O. The summed E-state index contributed by atoms with van der Waals surface area (Å²) >= 11 is 0. The van der Waals surface area contributed by atoms with E-state index in [-0.39, 0.29) is 0 Å². The van der Waals surface area contributed by atoms with Gasteiger partial charge in [-0.2, -0.15) is 0 Å². The SMILES string of the molecule is Cc1ccc(CN(CCN(C)C)Cc2ccccn2)c(O)c1. The lowest BCUT2D eigenvalue weighted by atomic mass is 10.1. The summed E-state index contributed by atoms with van der Waals surface area (Å²) < 4.78 is 0. The topological polar surface area (TPSA) is 39.6 Å². The van der Waals surface area contributed by atoms with E-state index >= 15 is 0 Å². The Morgan fingerprint density at radius 2 is 1.86 bits per heavy atom. The largest absolute Gasteiger partial charge is 0.508 e. The van der Waals surface area contributed by atoms with Crippen LogP contribution in [0.2, 0.25) is 0 Å². The fourth-order valence-corrected chi connectivity index (χ4v) is 2.32. The first-order chi connectivity index (χ1) is 10.5. The fourth-order valence-electron chi connectivity index (χ4n) is 2.32. The highest BCUT2D eigenvalue weighted by Gasteiger charge is 2.11. The van der Waals surface area contributed by atoms with E-state index < -0.39 is 0 Å². The van der Waals surface area contributed by atoms with Crippen LogP contribution in [0.1, 0.15) is 16.8 Å². The Balaban J connectivity index is 2.09. The van der Waals surface area contributed by atoms with Gasteiger partial charge < -0.3 is 10.0 Å². The van der Waals surface area contributed by atoms with Crippen molar-refractivity contribution in [2.75, 3.05) is 27.2 Å². The van der Waals surface area contributed by atoms with E-state index in [2.05, 4.69) is 28.9 Å². The van der Waals surface area contributed by atoms with Gasteiger partial charge in [0, 0.05) is 37.9 Å². The van der Waals surface area contributed by atoms with Crippen molar-refractivity contribution < 1.29 is 5.11 Å². The Morgan fingerprint density at radius 3 is 2.50 bits per heavy atom. The van der Waals surface area contributed by atoms with Crippen LogP contribution >= 0.6 is 0 Å². The highest BCUT2D eigenvalue weighted by Crippen LogP contribution is 2.20. The Hall–Kier alpha value is -1.91. The number of aryl methyl sites for hydroxylation is 1. The third kappa shape index (κ3) is 5.13. The predicted molar refractivity (Wildman–Crippen MR) is 89.7 cm³/mol. The summed E-state index contributed by atoms with van der Waals surface area (Å²) in [5.74, 6) is 0.371. The summed E-state index contributed by atoms with van der Waals surface area (Å²) in [7, 11) is 4.14. The van der Waals surface area contributed by atoms with Gasteiger partial charge in [0.1, 0.15) is 5.75 Å². The average Bonchev–Trinajstić information content (AvgIpc) is 2.48. The molecule has 0 radical (unpaired) electrons. The Kier molecular flexibility index (Phi) is 5.92. The van der Waals surface area contributed by atoms with Crippen molar-refractivity contribution in [3.63, 3.8) is 0 Å². The molecule has 2 rings (SSSR count). The van der Waals surface area contributed by atoms with E-state index in [1.165, 1.54) is 0 Å². The lowest BCUT2D eigenvalue weighted by Gasteiger charge is -2.24. The molecule has 1 aromatic heterocycles. The molecule has 0 amide bonds. The second-order valence-corrected chi connectivity index (χ2v) is 5.97. The van der Waals surface area contributed by atoms with Crippen LogP contribution in [-0.2, 0) is 13.1 Å². The summed E-state index contributed by atoms with van der Waals surface area (Å²) in [6, 6.07) is 11.8. The highest BCUT2D eigenvalue weighted by molar-refractivity contribution is 5.35. The van der Waals surface area contributed by atoms with E-state index in [0.717, 1.165) is 43.0 Å². The van der Waals surface area contributed by atoms with Gasteiger partial charge in [0.25, 0.3) is 0 Å². The first kappa shape index (κ1) is 16.5. The third-order valence-electron chi connectivity index (χ3n) is 3.61. The number of phenols is 1. The molecule has 1 heterocycles. The van der Waals surface area contributed by atoms with Gasteiger partial charge in [-0.05, 0) is 44.8 Å². The van der Waals surface area contributed by atoms with Crippen LogP contribution in [-0.4, -0.2) is 47.1 Å².